The van der Waals surface area contributed by atoms with Crippen molar-refractivity contribution >= 4 is 5.97 Å². The summed E-state index contributed by atoms with van der Waals surface area (Å²) in [5.74, 6) is 5.89. The molecule has 186 valence electrons. The van der Waals surface area contributed by atoms with E-state index in [1.807, 2.05) is 69.3 Å². The minimum atomic E-state index is -0.434. The van der Waals surface area contributed by atoms with E-state index < -0.39 is 5.97 Å². The van der Waals surface area contributed by atoms with Gasteiger partial charge in [0.25, 0.3) is 0 Å². The third kappa shape index (κ3) is 6.22. The standard InChI is InChI=1S/C27H35N5O3/c1-6-23(25(28)17-31(5)29)26-24(27(33)34-7-2)16-30-32(26)21-12-8-10-19(14-21)20-11-9-13-22(15-20)35-18(3)4/h8-18,23H,6-7,28-29H2,1-5H3/b25-17-. The molecule has 0 fully saturated rings. The van der Waals surface area contributed by atoms with Crippen LogP contribution in [-0.2, 0) is 4.74 Å². The normalized spacial score (nSPS) is 12.5. The first-order valence-corrected chi connectivity index (χ1v) is 11.8. The molecule has 0 spiro atoms. The van der Waals surface area contributed by atoms with Crippen LogP contribution in [0, 0.1) is 0 Å². The summed E-state index contributed by atoms with van der Waals surface area (Å²) in [6.07, 6.45) is 3.92. The Morgan fingerprint density at radius 1 is 1.14 bits per heavy atom. The molecule has 35 heavy (non-hydrogen) atoms. The maximum Gasteiger partial charge on any atom is 0.341 e. The third-order valence-electron chi connectivity index (χ3n) is 5.43. The van der Waals surface area contributed by atoms with Gasteiger partial charge in [-0.05, 0) is 62.6 Å². The molecule has 0 radical (unpaired) electrons. The molecule has 1 unspecified atom stereocenters. The van der Waals surface area contributed by atoms with Gasteiger partial charge in [-0.15, -0.1) is 0 Å². The van der Waals surface area contributed by atoms with Gasteiger partial charge in [-0.3, -0.25) is 0 Å². The van der Waals surface area contributed by atoms with E-state index in [9.17, 15) is 4.79 Å². The number of esters is 1. The van der Waals surface area contributed by atoms with Crippen molar-refractivity contribution in [2.75, 3.05) is 13.7 Å². The summed E-state index contributed by atoms with van der Waals surface area (Å²) in [5, 5.41) is 5.97. The van der Waals surface area contributed by atoms with Gasteiger partial charge in [-0.1, -0.05) is 31.2 Å². The molecule has 0 aliphatic rings. The van der Waals surface area contributed by atoms with Gasteiger partial charge in [-0.2, -0.15) is 5.10 Å². The van der Waals surface area contributed by atoms with E-state index in [0.717, 1.165) is 22.6 Å². The molecule has 2 aromatic carbocycles. The Bertz CT molecular complexity index is 1180. The fraction of sp³-hybridized carbons (Fsp3) is 0.333. The second-order valence-corrected chi connectivity index (χ2v) is 8.58. The Hall–Kier alpha value is -3.78. The molecule has 1 atom stereocenters. The topological polar surface area (TPSA) is 109 Å². The Morgan fingerprint density at radius 3 is 2.46 bits per heavy atom. The van der Waals surface area contributed by atoms with Gasteiger partial charge < -0.3 is 20.2 Å². The van der Waals surface area contributed by atoms with Gasteiger partial charge in [0.15, 0.2) is 0 Å². The van der Waals surface area contributed by atoms with E-state index in [-0.39, 0.29) is 18.6 Å². The molecule has 0 amide bonds. The highest BCUT2D eigenvalue weighted by Crippen LogP contribution is 2.32. The van der Waals surface area contributed by atoms with Crippen molar-refractivity contribution in [1.29, 1.82) is 0 Å². The van der Waals surface area contributed by atoms with Crippen molar-refractivity contribution in [3.8, 4) is 22.6 Å². The van der Waals surface area contributed by atoms with E-state index in [1.165, 1.54) is 5.01 Å². The molecule has 3 aromatic rings. The molecule has 0 aliphatic carbocycles. The van der Waals surface area contributed by atoms with Crippen molar-refractivity contribution in [3.63, 3.8) is 0 Å². The highest BCUT2D eigenvalue weighted by Gasteiger charge is 2.27. The summed E-state index contributed by atoms with van der Waals surface area (Å²) in [6.45, 7) is 8.05. The van der Waals surface area contributed by atoms with E-state index in [0.29, 0.717) is 23.4 Å². The minimum Gasteiger partial charge on any atom is -0.491 e. The zero-order valence-electron chi connectivity index (χ0n) is 21.1. The molecular weight excluding hydrogens is 442 g/mol. The lowest BCUT2D eigenvalue weighted by Gasteiger charge is -2.21. The molecule has 8 nitrogen and oxygen atoms in total. The van der Waals surface area contributed by atoms with Gasteiger partial charge in [0.1, 0.15) is 11.3 Å². The van der Waals surface area contributed by atoms with Crippen molar-refractivity contribution in [2.24, 2.45) is 11.6 Å². The first kappa shape index (κ1) is 25.8. The van der Waals surface area contributed by atoms with Crippen LogP contribution in [0.1, 0.15) is 56.1 Å². The van der Waals surface area contributed by atoms with Gasteiger partial charge in [0, 0.05) is 24.9 Å². The molecule has 1 aromatic heterocycles. The van der Waals surface area contributed by atoms with Crippen LogP contribution in [0.25, 0.3) is 16.8 Å². The smallest absolute Gasteiger partial charge is 0.341 e. The number of benzene rings is 2. The summed E-state index contributed by atoms with van der Waals surface area (Å²) in [7, 11) is 1.70. The average Bonchev–Trinajstić information content (AvgIpc) is 3.24. The summed E-state index contributed by atoms with van der Waals surface area (Å²) < 4.78 is 12.9. The van der Waals surface area contributed by atoms with Crippen LogP contribution in [0.4, 0.5) is 0 Å². The Balaban J connectivity index is 2.13. The van der Waals surface area contributed by atoms with Crippen molar-refractivity contribution in [1.82, 2.24) is 14.8 Å². The zero-order valence-corrected chi connectivity index (χ0v) is 21.1. The quantitative estimate of drug-likeness (QED) is 0.249. The number of hydrogen-bond acceptors (Lipinski definition) is 7. The zero-order chi connectivity index (χ0) is 25.5. The number of nitrogens with two attached hydrogens (primary N) is 2. The van der Waals surface area contributed by atoms with E-state index >= 15 is 0 Å². The lowest BCUT2D eigenvalue weighted by atomic mass is 9.95. The molecular formula is C27H35N5O3. The van der Waals surface area contributed by atoms with Gasteiger partial charge >= 0.3 is 5.97 Å². The van der Waals surface area contributed by atoms with Gasteiger partial charge in [0.05, 0.1) is 30.3 Å². The van der Waals surface area contributed by atoms with E-state index in [4.69, 9.17) is 21.1 Å². The molecule has 0 bridgehead atoms. The van der Waals surface area contributed by atoms with Crippen LogP contribution in [-0.4, -0.2) is 40.5 Å². The predicted octanol–water partition coefficient (Wildman–Crippen LogP) is 4.60. The number of aromatic nitrogens is 2. The minimum absolute atomic E-state index is 0.0848. The largest absolute Gasteiger partial charge is 0.491 e. The number of hydrazine groups is 1. The summed E-state index contributed by atoms with van der Waals surface area (Å²) >= 11 is 0. The lowest BCUT2D eigenvalue weighted by Crippen LogP contribution is -2.24. The molecule has 0 saturated heterocycles. The van der Waals surface area contributed by atoms with E-state index in [1.54, 1.807) is 31.1 Å². The third-order valence-corrected chi connectivity index (χ3v) is 5.43. The lowest BCUT2D eigenvalue weighted by molar-refractivity contribution is 0.0524. The second-order valence-electron chi connectivity index (χ2n) is 8.58. The monoisotopic (exact) mass is 477 g/mol. The molecule has 8 heteroatoms. The van der Waals surface area contributed by atoms with Crippen LogP contribution in [0.2, 0.25) is 0 Å². The number of allylic oxidation sites excluding steroid dienone is 1. The number of rotatable bonds is 10. The molecule has 0 aliphatic heterocycles. The number of nitrogens with zero attached hydrogens (tertiary/aromatic N) is 3. The molecule has 3 rings (SSSR count). The number of hydrogen-bond donors (Lipinski definition) is 2. The Labute approximate surface area is 207 Å². The summed E-state index contributed by atoms with van der Waals surface area (Å²) in [6, 6.07) is 15.9. The SMILES string of the molecule is CCOC(=O)c1cnn(-c2cccc(-c3cccc(OC(C)C)c3)c2)c1C(CC)/C(N)=C/N(C)N. The van der Waals surface area contributed by atoms with Gasteiger partial charge in [0.2, 0.25) is 0 Å². The van der Waals surface area contributed by atoms with Crippen molar-refractivity contribution < 1.29 is 14.3 Å². The predicted molar refractivity (Wildman–Crippen MR) is 138 cm³/mol. The number of ether oxygens (including phenoxy) is 2. The Kier molecular flexibility index (Phi) is 8.54. The molecule has 1 heterocycles. The highest BCUT2D eigenvalue weighted by atomic mass is 16.5. The molecule has 0 saturated carbocycles. The molecule has 4 N–H and O–H groups in total. The van der Waals surface area contributed by atoms with Crippen molar-refractivity contribution in [3.05, 3.63) is 77.9 Å². The van der Waals surface area contributed by atoms with Crippen molar-refractivity contribution in [2.45, 2.75) is 46.1 Å². The van der Waals surface area contributed by atoms with Crippen LogP contribution in [0.15, 0.2) is 66.6 Å². The Morgan fingerprint density at radius 2 is 1.83 bits per heavy atom. The summed E-state index contributed by atoms with van der Waals surface area (Å²) in [5.41, 5.74) is 10.8. The van der Waals surface area contributed by atoms with Crippen LogP contribution in [0.3, 0.4) is 0 Å². The second kappa shape index (κ2) is 11.6. The number of carbonyl (C=O) groups is 1. The van der Waals surface area contributed by atoms with Crippen LogP contribution >= 0.6 is 0 Å². The first-order chi connectivity index (χ1) is 16.7. The van der Waals surface area contributed by atoms with Gasteiger partial charge in [-0.25, -0.2) is 15.3 Å². The average molecular weight is 478 g/mol. The fourth-order valence-corrected chi connectivity index (χ4v) is 4.02. The number of carbonyl (C=O) groups excluding carboxylic acids is 1. The maximum atomic E-state index is 12.8. The highest BCUT2D eigenvalue weighted by molar-refractivity contribution is 5.91. The van der Waals surface area contributed by atoms with Crippen LogP contribution < -0.4 is 16.3 Å². The van der Waals surface area contributed by atoms with E-state index in [2.05, 4.69) is 5.10 Å². The van der Waals surface area contributed by atoms with Crippen LogP contribution in [0.5, 0.6) is 5.75 Å². The fourth-order valence-electron chi connectivity index (χ4n) is 4.02. The first-order valence-electron chi connectivity index (χ1n) is 11.8. The maximum absolute atomic E-state index is 12.8. The summed E-state index contributed by atoms with van der Waals surface area (Å²) in [4.78, 5) is 12.8.